The van der Waals surface area contributed by atoms with E-state index in [-0.39, 0.29) is 11.9 Å². The number of rotatable bonds is 8. The molecule has 0 radical (unpaired) electrons. The largest absolute Gasteiger partial charge is 0.444 e. The van der Waals surface area contributed by atoms with Crippen LogP contribution >= 0.6 is 11.8 Å². The Balaban J connectivity index is 1.52. The molecular weight excluding hydrogens is 374 g/mol. The van der Waals surface area contributed by atoms with Crippen LogP contribution in [-0.4, -0.2) is 59.7 Å². The molecule has 0 unspecified atom stereocenters. The van der Waals surface area contributed by atoms with Crippen LogP contribution in [0.5, 0.6) is 0 Å². The normalized spacial score (nSPS) is 15.8. The van der Waals surface area contributed by atoms with Crippen LogP contribution in [0.3, 0.4) is 0 Å². The van der Waals surface area contributed by atoms with Crippen LogP contribution in [0.25, 0.3) is 0 Å². The van der Waals surface area contributed by atoms with Crippen molar-refractivity contribution >= 4 is 23.8 Å². The van der Waals surface area contributed by atoms with Gasteiger partial charge < -0.3 is 15.4 Å². The summed E-state index contributed by atoms with van der Waals surface area (Å²) in [5.74, 6) is 1.17. The van der Waals surface area contributed by atoms with Gasteiger partial charge >= 0.3 is 6.09 Å². The van der Waals surface area contributed by atoms with Gasteiger partial charge in [0.1, 0.15) is 5.60 Å². The summed E-state index contributed by atoms with van der Waals surface area (Å²) in [5.41, 5.74) is 0.842. The average molecular weight is 408 g/mol. The van der Waals surface area contributed by atoms with Gasteiger partial charge in [-0.2, -0.15) is 11.8 Å². The zero-order valence-corrected chi connectivity index (χ0v) is 18.0. The van der Waals surface area contributed by atoms with Crippen LogP contribution in [0.2, 0.25) is 0 Å². The van der Waals surface area contributed by atoms with E-state index in [9.17, 15) is 9.59 Å². The van der Waals surface area contributed by atoms with E-state index in [2.05, 4.69) is 39.8 Å². The number of amides is 2. The number of piperidine rings is 1. The standard InChI is InChI=1S/C21H33N3O3S/c1-21(2,3)27-20(26)22-11-14-28-16-19(25)23-18-9-12-24(13-10-18)15-17-7-5-4-6-8-17/h4-8,18H,9-16H2,1-3H3,(H,22,26)(H,23,25). The van der Waals surface area contributed by atoms with E-state index in [1.165, 1.54) is 17.3 Å². The first kappa shape index (κ1) is 22.6. The Bertz CT molecular complexity index is 611. The van der Waals surface area contributed by atoms with Crippen molar-refractivity contribution in [3.05, 3.63) is 35.9 Å². The van der Waals surface area contributed by atoms with Gasteiger partial charge in [0.15, 0.2) is 0 Å². The summed E-state index contributed by atoms with van der Waals surface area (Å²) in [6.07, 6.45) is 1.56. The third-order valence-electron chi connectivity index (χ3n) is 4.35. The van der Waals surface area contributed by atoms with Gasteiger partial charge in [0.25, 0.3) is 0 Å². The SMILES string of the molecule is CC(C)(C)OC(=O)NCCSCC(=O)NC1CCN(Cc2ccccc2)CC1. The molecule has 0 bridgehead atoms. The first-order valence-corrected chi connectivity index (χ1v) is 11.1. The molecule has 2 rings (SSSR count). The summed E-state index contributed by atoms with van der Waals surface area (Å²) in [6, 6.07) is 10.8. The maximum atomic E-state index is 12.1. The molecule has 7 heteroatoms. The van der Waals surface area contributed by atoms with Crippen molar-refractivity contribution in [3.63, 3.8) is 0 Å². The Labute approximate surface area is 172 Å². The zero-order chi connectivity index (χ0) is 20.4. The van der Waals surface area contributed by atoms with E-state index >= 15 is 0 Å². The highest BCUT2D eigenvalue weighted by Gasteiger charge is 2.20. The Kier molecular flexibility index (Phi) is 9.12. The minimum absolute atomic E-state index is 0.0729. The second-order valence-electron chi connectivity index (χ2n) is 8.08. The van der Waals surface area contributed by atoms with Crippen LogP contribution in [0.1, 0.15) is 39.2 Å². The van der Waals surface area contributed by atoms with Crippen LogP contribution in [0, 0.1) is 0 Å². The second-order valence-corrected chi connectivity index (χ2v) is 9.19. The quantitative estimate of drug-likeness (QED) is 0.648. The number of ether oxygens (including phenoxy) is 1. The Hall–Kier alpha value is -1.73. The van der Waals surface area contributed by atoms with Crippen molar-refractivity contribution in [2.24, 2.45) is 0 Å². The maximum absolute atomic E-state index is 12.1. The summed E-state index contributed by atoms with van der Waals surface area (Å²) < 4.78 is 5.17. The monoisotopic (exact) mass is 407 g/mol. The fraction of sp³-hybridized carbons (Fsp3) is 0.619. The van der Waals surface area contributed by atoms with E-state index in [0.29, 0.717) is 18.1 Å². The molecule has 1 aromatic rings. The number of thioether (sulfide) groups is 1. The molecule has 28 heavy (non-hydrogen) atoms. The highest BCUT2D eigenvalue weighted by Crippen LogP contribution is 2.14. The summed E-state index contributed by atoms with van der Waals surface area (Å²) in [6.45, 7) is 8.97. The average Bonchev–Trinajstić information content (AvgIpc) is 2.62. The van der Waals surface area contributed by atoms with Gasteiger partial charge in [-0.05, 0) is 39.2 Å². The summed E-state index contributed by atoms with van der Waals surface area (Å²) in [4.78, 5) is 26.1. The molecule has 1 saturated heterocycles. The predicted octanol–water partition coefficient (Wildman–Crippen LogP) is 3.03. The summed E-state index contributed by atoms with van der Waals surface area (Å²) >= 11 is 1.52. The smallest absolute Gasteiger partial charge is 0.407 e. The van der Waals surface area contributed by atoms with E-state index in [1.54, 1.807) is 0 Å². The maximum Gasteiger partial charge on any atom is 0.407 e. The van der Waals surface area contributed by atoms with Crippen molar-refractivity contribution in [2.45, 2.75) is 51.8 Å². The Morgan fingerprint density at radius 2 is 1.86 bits per heavy atom. The van der Waals surface area contributed by atoms with E-state index in [4.69, 9.17) is 4.74 Å². The third-order valence-corrected chi connectivity index (χ3v) is 5.31. The molecule has 0 aliphatic carbocycles. The summed E-state index contributed by atoms with van der Waals surface area (Å²) in [5, 5.41) is 5.84. The molecule has 0 aromatic heterocycles. The van der Waals surface area contributed by atoms with E-state index in [0.717, 1.165) is 32.5 Å². The minimum Gasteiger partial charge on any atom is -0.444 e. The van der Waals surface area contributed by atoms with Gasteiger partial charge in [-0.25, -0.2) is 4.79 Å². The predicted molar refractivity (Wildman–Crippen MR) is 114 cm³/mol. The number of hydrogen-bond acceptors (Lipinski definition) is 5. The Morgan fingerprint density at radius 3 is 2.50 bits per heavy atom. The van der Waals surface area contributed by atoms with Crippen LogP contribution in [-0.2, 0) is 16.1 Å². The molecule has 0 spiro atoms. The molecule has 1 fully saturated rings. The number of carbonyl (C=O) groups excluding carboxylic acids is 2. The van der Waals surface area contributed by atoms with E-state index in [1.807, 2.05) is 26.8 Å². The van der Waals surface area contributed by atoms with Crippen molar-refractivity contribution in [2.75, 3.05) is 31.1 Å². The van der Waals surface area contributed by atoms with Gasteiger partial charge in [-0.15, -0.1) is 0 Å². The number of nitrogens with one attached hydrogen (secondary N) is 2. The first-order chi connectivity index (χ1) is 13.3. The second kappa shape index (κ2) is 11.3. The number of likely N-dealkylation sites (tertiary alicyclic amines) is 1. The molecule has 1 aliphatic heterocycles. The van der Waals surface area contributed by atoms with Gasteiger partial charge in [0.05, 0.1) is 5.75 Å². The first-order valence-electron chi connectivity index (χ1n) is 9.92. The molecule has 156 valence electrons. The molecule has 2 N–H and O–H groups in total. The molecule has 2 amide bonds. The minimum atomic E-state index is -0.492. The number of benzene rings is 1. The van der Waals surface area contributed by atoms with Crippen molar-refractivity contribution < 1.29 is 14.3 Å². The lowest BCUT2D eigenvalue weighted by Crippen LogP contribution is -2.44. The molecule has 0 atom stereocenters. The zero-order valence-electron chi connectivity index (χ0n) is 17.2. The molecular formula is C21H33N3O3S. The van der Waals surface area contributed by atoms with E-state index < -0.39 is 11.7 Å². The number of hydrogen-bond donors (Lipinski definition) is 2. The lowest BCUT2D eigenvalue weighted by atomic mass is 10.0. The number of alkyl carbamates (subject to hydrolysis) is 1. The molecule has 1 heterocycles. The lowest BCUT2D eigenvalue weighted by molar-refractivity contribution is -0.119. The lowest BCUT2D eigenvalue weighted by Gasteiger charge is -2.32. The fourth-order valence-electron chi connectivity index (χ4n) is 3.05. The van der Waals surface area contributed by atoms with Crippen LogP contribution in [0.4, 0.5) is 4.79 Å². The van der Waals surface area contributed by atoms with Crippen LogP contribution in [0.15, 0.2) is 30.3 Å². The molecule has 6 nitrogen and oxygen atoms in total. The topological polar surface area (TPSA) is 70.7 Å². The highest BCUT2D eigenvalue weighted by molar-refractivity contribution is 7.99. The van der Waals surface area contributed by atoms with Crippen LogP contribution < -0.4 is 10.6 Å². The summed E-state index contributed by atoms with van der Waals surface area (Å²) in [7, 11) is 0. The van der Waals surface area contributed by atoms with Gasteiger partial charge in [0, 0.05) is 38.0 Å². The van der Waals surface area contributed by atoms with Crippen molar-refractivity contribution in [1.29, 1.82) is 0 Å². The number of nitrogens with zero attached hydrogens (tertiary/aromatic N) is 1. The molecule has 1 aliphatic rings. The van der Waals surface area contributed by atoms with Gasteiger partial charge in [0.2, 0.25) is 5.91 Å². The highest BCUT2D eigenvalue weighted by atomic mass is 32.2. The van der Waals surface area contributed by atoms with Crippen molar-refractivity contribution in [3.8, 4) is 0 Å². The van der Waals surface area contributed by atoms with Gasteiger partial charge in [-0.1, -0.05) is 30.3 Å². The molecule has 1 aromatic carbocycles. The van der Waals surface area contributed by atoms with Crippen molar-refractivity contribution in [1.82, 2.24) is 15.5 Å². The van der Waals surface area contributed by atoms with Gasteiger partial charge in [-0.3, -0.25) is 9.69 Å². The molecule has 0 saturated carbocycles. The fourth-order valence-corrected chi connectivity index (χ4v) is 3.71. The number of carbonyl (C=O) groups is 2. The third kappa shape index (κ3) is 9.46. The Morgan fingerprint density at radius 1 is 1.18 bits per heavy atom.